The van der Waals surface area contributed by atoms with Gasteiger partial charge in [0.15, 0.2) is 0 Å². The molecule has 1 aliphatic heterocycles. The van der Waals surface area contributed by atoms with Crippen LogP contribution >= 0.6 is 0 Å². The van der Waals surface area contributed by atoms with E-state index in [9.17, 15) is 4.79 Å². The Balaban J connectivity index is 1.60. The molecule has 0 unspecified atom stereocenters. The lowest BCUT2D eigenvalue weighted by Gasteiger charge is -2.27. The summed E-state index contributed by atoms with van der Waals surface area (Å²) in [4.78, 5) is 17.7. The average molecular weight is 302 g/mol. The number of hydrogen-bond donors (Lipinski definition) is 1. The predicted molar refractivity (Wildman–Crippen MR) is 79.9 cm³/mol. The molecule has 0 radical (unpaired) electrons. The van der Waals surface area contributed by atoms with Crippen molar-refractivity contribution in [2.24, 2.45) is 0 Å². The highest BCUT2D eigenvalue weighted by Crippen LogP contribution is 2.20. The van der Waals surface area contributed by atoms with Crippen molar-refractivity contribution < 1.29 is 14.4 Å². The molecule has 7 nitrogen and oxygen atoms in total. The second-order valence-electron chi connectivity index (χ2n) is 4.99. The van der Waals surface area contributed by atoms with Crippen LogP contribution in [0.3, 0.4) is 0 Å². The molecule has 0 saturated carbocycles. The van der Waals surface area contributed by atoms with Crippen molar-refractivity contribution in [3.8, 4) is 0 Å². The number of urea groups is 1. The molecule has 2 heterocycles. The van der Waals surface area contributed by atoms with Gasteiger partial charge in [0.1, 0.15) is 6.61 Å². The van der Waals surface area contributed by atoms with Crippen LogP contribution < -0.4 is 5.32 Å². The summed E-state index contributed by atoms with van der Waals surface area (Å²) in [5, 5.41) is 8.26. The van der Waals surface area contributed by atoms with Gasteiger partial charge in [0.05, 0.1) is 31.6 Å². The lowest BCUT2D eigenvalue weighted by molar-refractivity contribution is -0.141. The van der Waals surface area contributed by atoms with Crippen molar-refractivity contribution in [1.82, 2.24) is 14.8 Å². The van der Waals surface area contributed by atoms with Crippen LogP contribution in [0.15, 0.2) is 36.7 Å². The van der Waals surface area contributed by atoms with E-state index in [1.807, 2.05) is 24.3 Å². The van der Waals surface area contributed by atoms with E-state index in [-0.39, 0.29) is 6.03 Å². The van der Waals surface area contributed by atoms with E-state index < -0.39 is 0 Å². The Morgan fingerprint density at radius 1 is 1.41 bits per heavy atom. The Labute approximate surface area is 128 Å². The van der Waals surface area contributed by atoms with Gasteiger partial charge in [-0.25, -0.2) is 4.79 Å². The first-order chi connectivity index (χ1) is 10.8. The number of carbonyl (C=O) groups is 1. The Morgan fingerprint density at radius 3 is 3.05 bits per heavy atom. The number of aromatic nitrogens is 2. The molecule has 0 aliphatic carbocycles. The minimum Gasteiger partial charge on any atom is -0.383 e. The van der Waals surface area contributed by atoms with Crippen molar-refractivity contribution in [2.75, 3.05) is 19.0 Å². The third-order valence-corrected chi connectivity index (χ3v) is 3.44. The van der Waals surface area contributed by atoms with Gasteiger partial charge in [-0.1, -0.05) is 24.3 Å². The summed E-state index contributed by atoms with van der Waals surface area (Å²) >= 11 is 0. The van der Waals surface area contributed by atoms with E-state index in [1.54, 1.807) is 24.2 Å². The van der Waals surface area contributed by atoms with Gasteiger partial charge >= 0.3 is 6.03 Å². The van der Waals surface area contributed by atoms with E-state index in [0.29, 0.717) is 32.0 Å². The molecule has 0 spiro atoms. The molecule has 1 aliphatic rings. The highest BCUT2D eigenvalue weighted by Gasteiger charge is 2.21. The van der Waals surface area contributed by atoms with Crippen LogP contribution in [-0.2, 0) is 29.3 Å². The van der Waals surface area contributed by atoms with Crippen LogP contribution in [0.1, 0.15) is 11.1 Å². The number of amides is 2. The fourth-order valence-corrected chi connectivity index (χ4v) is 2.25. The number of anilines is 1. The first-order valence-electron chi connectivity index (χ1n) is 7.06. The van der Waals surface area contributed by atoms with Gasteiger partial charge in [0.2, 0.25) is 0 Å². The monoisotopic (exact) mass is 302 g/mol. The van der Waals surface area contributed by atoms with Gasteiger partial charge in [-0.05, 0) is 11.1 Å². The smallest absolute Gasteiger partial charge is 0.346 e. The quantitative estimate of drug-likeness (QED) is 0.938. The fourth-order valence-electron chi connectivity index (χ4n) is 2.25. The van der Waals surface area contributed by atoms with E-state index in [2.05, 4.69) is 10.4 Å². The first-order valence-corrected chi connectivity index (χ1v) is 7.06. The second kappa shape index (κ2) is 6.59. The Hall–Kier alpha value is -2.38. The summed E-state index contributed by atoms with van der Waals surface area (Å²) in [5.41, 5.74) is 2.84. The van der Waals surface area contributed by atoms with Gasteiger partial charge in [-0.3, -0.25) is 9.52 Å². The largest absolute Gasteiger partial charge is 0.383 e. The number of nitrogens with zero attached hydrogens (tertiary/aromatic N) is 3. The minimum absolute atomic E-state index is 0.305. The number of methoxy groups -OCH3 is 1. The van der Waals surface area contributed by atoms with E-state index in [4.69, 9.17) is 9.57 Å². The molecule has 3 rings (SSSR count). The first kappa shape index (κ1) is 14.6. The zero-order valence-corrected chi connectivity index (χ0v) is 12.4. The molecule has 0 bridgehead atoms. The molecule has 2 aromatic rings. The average Bonchev–Trinajstić information content (AvgIpc) is 2.99. The fraction of sp³-hybridized carbons (Fsp3) is 0.333. The van der Waals surface area contributed by atoms with Crippen LogP contribution in [-0.4, -0.2) is 34.6 Å². The molecule has 116 valence electrons. The number of ether oxygens (including phenoxy) is 1. The molecular formula is C15H18N4O3. The van der Waals surface area contributed by atoms with Crippen LogP contribution in [0.2, 0.25) is 0 Å². The maximum Gasteiger partial charge on any atom is 0.346 e. The molecule has 22 heavy (non-hydrogen) atoms. The topological polar surface area (TPSA) is 68.6 Å². The van der Waals surface area contributed by atoms with Crippen LogP contribution in [0.25, 0.3) is 0 Å². The van der Waals surface area contributed by atoms with Gasteiger partial charge in [-0.15, -0.1) is 0 Å². The van der Waals surface area contributed by atoms with E-state index in [0.717, 1.165) is 11.1 Å². The van der Waals surface area contributed by atoms with Crippen molar-refractivity contribution >= 4 is 11.7 Å². The van der Waals surface area contributed by atoms with Crippen LogP contribution in [0, 0.1) is 0 Å². The zero-order chi connectivity index (χ0) is 15.4. The molecule has 2 amide bonds. The number of hydroxylamine groups is 2. The van der Waals surface area contributed by atoms with Crippen molar-refractivity contribution in [3.63, 3.8) is 0 Å². The van der Waals surface area contributed by atoms with E-state index >= 15 is 0 Å². The van der Waals surface area contributed by atoms with Crippen LogP contribution in [0.4, 0.5) is 10.5 Å². The number of nitrogens with one attached hydrogen (secondary N) is 1. The number of rotatable bonds is 4. The van der Waals surface area contributed by atoms with Crippen molar-refractivity contribution in [2.45, 2.75) is 19.7 Å². The standard InChI is InChI=1S/C15H18N4O3/c1-21-7-6-18-10-14(8-16-18)17-15(20)19-9-12-4-2-3-5-13(12)11-22-19/h2-5,8,10H,6-7,9,11H2,1H3,(H,17,20). The number of benzene rings is 1. The Bertz CT molecular complexity index is 656. The number of carbonyl (C=O) groups excluding carboxylic acids is 1. The third-order valence-electron chi connectivity index (χ3n) is 3.44. The maximum atomic E-state index is 12.2. The highest BCUT2D eigenvalue weighted by atomic mass is 16.7. The second-order valence-corrected chi connectivity index (χ2v) is 4.99. The lowest BCUT2D eigenvalue weighted by Crippen LogP contribution is -2.37. The van der Waals surface area contributed by atoms with Gasteiger partial charge < -0.3 is 10.1 Å². The summed E-state index contributed by atoms with van der Waals surface area (Å²) < 4.78 is 6.70. The highest BCUT2D eigenvalue weighted by molar-refractivity contribution is 5.88. The molecule has 0 saturated heterocycles. The summed E-state index contributed by atoms with van der Waals surface area (Å²) in [7, 11) is 1.64. The lowest BCUT2D eigenvalue weighted by atomic mass is 10.1. The number of hydrogen-bond acceptors (Lipinski definition) is 4. The molecule has 1 N–H and O–H groups in total. The molecular weight excluding hydrogens is 284 g/mol. The molecule has 0 atom stereocenters. The number of fused-ring (bicyclic) bond motifs is 1. The molecule has 1 aromatic heterocycles. The SMILES string of the molecule is COCCn1cc(NC(=O)N2Cc3ccccc3CO2)cn1. The third kappa shape index (κ3) is 3.26. The summed E-state index contributed by atoms with van der Waals surface area (Å²) in [5.74, 6) is 0. The summed E-state index contributed by atoms with van der Waals surface area (Å²) in [6.45, 7) is 2.04. The van der Waals surface area contributed by atoms with Crippen molar-refractivity contribution in [3.05, 3.63) is 47.8 Å². The minimum atomic E-state index is -0.305. The predicted octanol–water partition coefficient (Wildman–Crippen LogP) is 2.01. The van der Waals surface area contributed by atoms with Gasteiger partial charge in [0, 0.05) is 13.3 Å². The molecule has 7 heteroatoms. The summed E-state index contributed by atoms with van der Waals surface area (Å²) in [6.07, 6.45) is 3.36. The molecule has 0 fully saturated rings. The van der Waals surface area contributed by atoms with E-state index in [1.165, 1.54) is 5.06 Å². The summed E-state index contributed by atoms with van der Waals surface area (Å²) in [6, 6.07) is 7.62. The van der Waals surface area contributed by atoms with Gasteiger partial charge in [-0.2, -0.15) is 10.2 Å². The zero-order valence-electron chi connectivity index (χ0n) is 12.4. The Kier molecular flexibility index (Phi) is 4.36. The van der Waals surface area contributed by atoms with Crippen molar-refractivity contribution in [1.29, 1.82) is 0 Å². The van der Waals surface area contributed by atoms with Gasteiger partial charge in [0.25, 0.3) is 0 Å². The maximum absolute atomic E-state index is 12.2. The Morgan fingerprint density at radius 2 is 2.23 bits per heavy atom. The molecule has 1 aromatic carbocycles. The normalized spacial score (nSPS) is 13.8. The van der Waals surface area contributed by atoms with Crippen LogP contribution in [0.5, 0.6) is 0 Å².